The maximum atomic E-state index is 12.0. The van der Waals surface area contributed by atoms with Crippen LogP contribution in [0.2, 0.25) is 0 Å². The van der Waals surface area contributed by atoms with Gasteiger partial charge in [0.15, 0.2) is 0 Å². The van der Waals surface area contributed by atoms with Gasteiger partial charge in [-0.15, -0.1) is 0 Å². The van der Waals surface area contributed by atoms with Crippen molar-refractivity contribution >= 4 is 15.8 Å². The lowest BCUT2D eigenvalue weighted by Gasteiger charge is -2.11. The van der Waals surface area contributed by atoms with Crippen molar-refractivity contribution in [1.82, 2.24) is 14.5 Å². The highest BCUT2D eigenvalue weighted by atomic mass is 32.2. The third kappa shape index (κ3) is 2.44. The molecule has 0 bridgehead atoms. The number of nitrogens with one attached hydrogen (secondary N) is 1. The normalized spacial score (nSPS) is 18.2. The highest BCUT2D eigenvalue weighted by Gasteiger charge is 2.30. The van der Waals surface area contributed by atoms with Crippen molar-refractivity contribution < 1.29 is 8.42 Å². The van der Waals surface area contributed by atoms with Crippen LogP contribution in [0.4, 0.5) is 5.82 Å². The van der Waals surface area contributed by atoms with E-state index in [2.05, 4.69) is 9.82 Å². The second kappa shape index (κ2) is 4.30. The van der Waals surface area contributed by atoms with Gasteiger partial charge in [-0.2, -0.15) is 5.10 Å². The zero-order valence-corrected chi connectivity index (χ0v) is 10.9. The molecule has 1 aliphatic rings. The first-order valence-corrected chi connectivity index (χ1v) is 7.29. The standard InChI is InChI=1S/C10H18N4O2S/c1-3-7(2)14-10(11)9(6-12-14)17(15,16)13-8-4-5-8/h6-8,13H,3-5,11H2,1-2H3. The summed E-state index contributed by atoms with van der Waals surface area (Å²) in [7, 11) is -3.51. The van der Waals surface area contributed by atoms with E-state index in [9.17, 15) is 8.42 Å². The van der Waals surface area contributed by atoms with Crippen molar-refractivity contribution in [3.8, 4) is 0 Å². The Kier molecular flexibility index (Phi) is 3.13. The number of nitrogens with two attached hydrogens (primary N) is 1. The van der Waals surface area contributed by atoms with Crippen molar-refractivity contribution in [3.05, 3.63) is 6.20 Å². The first-order chi connectivity index (χ1) is 7.95. The molecule has 0 spiro atoms. The van der Waals surface area contributed by atoms with Crippen LogP contribution in [0.3, 0.4) is 0 Å². The number of nitrogens with zero attached hydrogens (tertiary/aromatic N) is 2. The molecule has 1 aromatic rings. The minimum absolute atomic E-state index is 0.0753. The van der Waals surface area contributed by atoms with Crippen LogP contribution in [0, 0.1) is 0 Å². The second-order valence-electron chi connectivity index (χ2n) is 4.49. The summed E-state index contributed by atoms with van der Waals surface area (Å²) in [6, 6.07) is 0.172. The minimum atomic E-state index is -3.51. The highest BCUT2D eigenvalue weighted by molar-refractivity contribution is 7.89. The number of aromatic nitrogens is 2. The largest absolute Gasteiger partial charge is 0.383 e. The molecule has 1 aromatic heterocycles. The lowest BCUT2D eigenvalue weighted by molar-refractivity contribution is 0.484. The lowest BCUT2D eigenvalue weighted by atomic mass is 10.3. The molecule has 1 heterocycles. The van der Waals surface area contributed by atoms with Crippen LogP contribution in [0.5, 0.6) is 0 Å². The number of rotatable bonds is 5. The molecule has 0 saturated heterocycles. The molecule has 6 nitrogen and oxygen atoms in total. The molecule has 1 atom stereocenters. The van der Waals surface area contributed by atoms with E-state index in [1.807, 2.05) is 13.8 Å². The number of hydrogen-bond acceptors (Lipinski definition) is 4. The molecule has 96 valence electrons. The summed E-state index contributed by atoms with van der Waals surface area (Å²) < 4.78 is 28.1. The Balaban J connectivity index is 2.29. The van der Waals surface area contributed by atoms with Gasteiger partial charge in [0, 0.05) is 6.04 Å². The maximum Gasteiger partial charge on any atom is 0.246 e. The molecule has 0 aliphatic heterocycles. The molecular weight excluding hydrogens is 240 g/mol. The average Bonchev–Trinajstić information content (AvgIpc) is 2.96. The predicted octanol–water partition coefficient (Wildman–Crippen LogP) is 0.877. The van der Waals surface area contributed by atoms with Gasteiger partial charge in [0.1, 0.15) is 10.7 Å². The number of hydrogen-bond donors (Lipinski definition) is 2. The summed E-state index contributed by atoms with van der Waals surface area (Å²) in [6.07, 6.45) is 3.98. The van der Waals surface area contributed by atoms with Gasteiger partial charge in [-0.3, -0.25) is 0 Å². The fourth-order valence-electron chi connectivity index (χ4n) is 1.57. The fraction of sp³-hybridized carbons (Fsp3) is 0.700. The SMILES string of the molecule is CCC(C)n1ncc(S(=O)(=O)NC2CC2)c1N. The van der Waals surface area contributed by atoms with Gasteiger partial charge in [0.25, 0.3) is 0 Å². The molecule has 7 heteroatoms. The van der Waals surface area contributed by atoms with E-state index in [4.69, 9.17) is 5.73 Å². The molecule has 1 unspecified atom stereocenters. The van der Waals surface area contributed by atoms with Gasteiger partial charge in [0.05, 0.1) is 12.2 Å². The van der Waals surface area contributed by atoms with E-state index in [1.54, 1.807) is 4.68 Å². The molecule has 0 radical (unpaired) electrons. The van der Waals surface area contributed by atoms with Crippen molar-refractivity contribution in [2.24, 2.45) is 0 Å². The average molecular weight is 258 g/mol. The van der Waals surface area contributed by atoms with E-state index < -0.39 is 10.0 Å². The molecular formula is C10H18N4O2S. The van der Waals surface area contributed by atoms with Crippen LogP contribution in [0.25, 0.3) is 0 Å². The third-order valence-electron chi connectivity index (χ3n) is 3.00. The summed E-state index contributed by atoms with van der Waals surface area (Å²) in [4.78, 5) is 0.0877. The second-order valence-corrected chi connectivity index (χ2v) is 6.17. The molecule has 1 aliphatic carbocycles. The molecule has 3 N–H and O–H groups in total. The zero-order chi connectivity index (χ0) is 12.6. The predicted molar refractivity (Wildman–Crippen MR) is 65.0 cm³/mol. The van der Waals surface area contributed by atoms with Crippen molar-refractivity contribution in [1.29, 1.82) is 0 Å². The van der Waals surface area contributed by atoms with E-state index in [0.29, 0.717) is 0 Å². The van der Waals surface area contributed by atoms with Crippen LogP contribution >= 0.6 is 0 Å². The smallest absolute Gasteiger partial charge is 0.246 e. The van der Waals surface area contributed by atoms with E-state index >= 15 is 0 Å². The maximum absolute atomic E-state index is 12.0. The van der Waals surface area contributed by atoms with E-state index in [0.717, 1.165) is 19.3 Å². The zero-order valence-electron chi connectivity index (χ0n) is 10.0. The number of anilines is 1. The minimum Gasteiger partial charge on any atom is -0.383 e. The van der Waals surface area contributed by atoms with Crippen LogP contribution < -0.4 is 10.5 Å². The summed E-state index contributed by atoms with van der Waals surface area (Å²) >= 11 is 0. The molecule has 0 amide bonds. The number of nitrogen functional groups attached to an aromatic ring is 1. The topological polar surface area (TPSA) is 90.0 Å². The van der Waals surface area contributed by atoms with Gasteiger partial charge in [0.2, 0.25) is 10.0 Å². The lowest BCUT2D eigenvalue weighted by Crippen LogP contribution is -2.26. The first kappa shape index (κ1) is 12.4. The van der Waals surface area contributed by atoms with Crippen LogP contribution in [-0.4, -0.2) is 24.2 Å². The first-order valence-electron chi connectivity index (χ1n) is 5.81. The number of sulfonamides is 1. The van der Waals surface area contributed by atoms with Gasteiger partial charge in [-0.25, -0.2) is 17.8 Å². The third-order valence-corrected chi connectivity index (χ3v) is 4.53. The highest BCUT2D eigenvalue weighted by Crippen LogP contribution is 2.26. The van der Waals surface area contributed by atoms with Crippen LogP contribution in [0.1, 0.15) is 39.2 Å². The van der Waals surface area contributed by atoms with Crippen molar-refractivity contribution in [3.63, 3.8) is 0 Å². The Labute approximate surface area is 101 Å². The summed E-state index contributed by atoms with van der Waals surface area (Å²) in [6.45, 7) is 3.95. The molecule has 1 saturated carbocycles. The molecule has 1 fully saturated rings. The van der Waals surface area contributed by atoms with E-state index in [-0.39, 0.29) is 22.8 Å². The summed E-state index contributed by atoms with van der Waals surface area (Å²) in [5.74, 6) is 0.215. The summed E-state index contributed by atoms with van der Waals surface area (Å²) in [5, 5.41) is 4.05. The van der Waals surface area contributed by atoms with Gasteiger partial charge in [-0.1, -0.05) is 6.92 Å². The van der Waals surface area contributed by atoms with Crippen molar-refractivity contribution in [2.45, 2.75) is 50.1 Å². The fourth-order valence-corrected chi connectivity index (χ4v) is 2.93. The van der Waals surface area contributed by atoms with Gasteiger partial charge < -0.3 is 5.73 Å². The molecule has 0 aromatic carbocycles. The Morgan fingerprint density at radius 3 is 2.82 bits per heavy atom. The van der Waals surface area contributed by atoms with Gasteiger partial charge >= 0.3 is 0 Å². The van der Waals surface area contributed by atoms with Crippen molar-refractivity contribution in [2.75, 3.05) is 5.73 Å². The van der Waals surface area contributed by atoms with Crippen LogP contribution in [0.15, 0.2) is 11.1 Å². The Bertz CT molecular complexity index is 504. The van der Waals surface area contributed by atoms with Crippen LogP contribution in [-0.2, 0) is 10.0 Å². The Morgan fingerprint density at radius 2 is 2.29 bits per heavy atom. The van der Waals surface area contributed by atoms with E-state index in [1.165, 1.54) is 6.20 Å². The quantitative estimate of drug-likeness (QED) is 0.820. The Hall–Kier alpha value is -1.08. The van der Waals surface area contributed by atoms with Gasteiger partial charge in [-0.05, 0) is 26.2 Å². The summed E-state index contributed by atoms with van der Waals surface area (Å²) in [5.41, 5.74) is 5.84. The Morgan fingerprint density at radius 1 is 1.65 bits per heavy atom. The molecule has 2 rings (SSSR count). The molecule has 17 heavy (non-hydrogen) atoms. The monoisotopic (exact) mass is 258 g/mol.